The first kappa shape index (κ1) is 20.5. The maximum absolute atomic E-state index is 13.2. The second kappa shape index (κ2) is 7.82. The average molecular weight is 407 g/mol. The molecule has 0 heterocycles. The predicted octanol–water partition coefficient (Wildman–Crippen LogP) is 2.70. The first-order valence-corrected chi connectivity index (χ1v) is 10.3. The highest BCUT2D eigenvalue weighted by molar-refractivity contribution is 7.93. The summed E-state index contributed by atoms with van der Waals surface area (Å²) >= 11 is 5.86. The van der Waals surface area contributed by atoms with Crippen molar-refractivity contribution in [3.05, 3.63) is 29.3 Å². The molecule has 0 bridgehead atoms. The molecule has 0 aromatic heterocycles. The second-order valence-electron chi connectivity index (χ2n) is 6.81. The summed E-state index contributed by atoms with van der Waals surface area (Å²) in [6.07, 6.45) is 4.25. The van der Waals surface area contributed by atoms with Crippen LogP contribution < -0.4 is 11.1 Å². The SMILES string of the molecule is Cl.NCC(NC(=O)C1(S(=O)(=O)c2ccc(Cl)cc2)CCCC1)C1CC1. The molecule has 1 aromatic carbocycles. The van der Waals surface area contributed by atoms with Gasteiger partial charge >= 0.3 is 0 Å². The van der Waals surface area contributed by atoms with Crippen LogP contribution in [0.4, 0.5) is 0 Å². The molecule has 0 spiro atoms. The zero-order valence-electron chi connectivity index (χ0n) is 13.9. The Labute approximate surface area is 160 Å². The fraction of sp³-hybridized carbons (Fsp3) is 0.588. The minimum absolute atomic E-state index is 0. The van der Waals surface area contributed by atoms with E-state index >= 15 is 0 Å². The van der Waals surface area contributed by atoms with E-state index in [1.165, 1.54) is 12.1 Å². The van der Waals surface area contributed by atoms with Crippen molar-refractivity contribution in [2.75, 3.05) is 6.54 Å². The quantitative estimate of drug-likeness (QED) is 0.759. The van der Waals surface area contributed by atoms with Gasteiger partial charge in [-0.3, -0.25) is 4.79 Å². The molecule has 5 nitrogen and oxygen atoms in total. The van der Waals surface area contributed by atoms with Gasteiger partial charge in [0.2, 0.25) is 5.91 Å². The van der Waals surface area contributed by atoms with Crippen LogP contribution in [0.25, 0.3) is 0 Å². The van der Waals surface area contributed by atoms with E-state index in [0.717, 1.165) is 25.7 Å². The molecule has 3 rings (SSSR count). The Kier molecular flexibility index (Phi) is 6.41. The summed E-state index contributed by atoms with van der Waals surface area (Å²) in [7, 11) is -3.79. The molecule has 3 N–H and O–H groups in total. The Morgan fingerprint density at radius 1 is 1.24 bits per heavy atom. The van der Waals surface area contributed by atoms with Gasteiger partial charge < -0.3 is 11.1 Å². The fourth-order valence-corrected chi connectivity index (χ4v) is 5.77. The first-order valence-electron chi connectivity index (χ1n) is 8.42. The molecule has 140 valence electrons. The van der Waals surface area contributed by atoms with Crippen molar-refractivity contribution in [1.29, 1.82) is 0 Å². The highest BCUT2D eigenvalue weighted by Crippen LogP contribution is 2.41. The molecular formula is C17H24Cl2N2O3S. The second-order valence-corrected chi connectivity index (χ2v) is 9.51. The van der Waals surface area contributed by atoms with Crippen LogP contribution in [0.5, 0.6) is 0 Å². The van der Waals surface area contributed by atoms with E-state index < -0.39 is 20.5 Å². The van der Waals surface area contributed by atoms with Crippen LogP contribution in [-0.4, -0.2) is 31.7 Å². The lowest BCUT2D eigenvalue weighted by atomic mass is 10.0. The number of benzene rings is 1. The van der Waals surface area contributed by atoms with Gasteiger partial charge in [0.15, 0.2) is 14.6 Å². The van der Waals surface area contributed by atoms with Crippen molar-refractivity contribution in [1.82, 2.24) is 5.32 Å². The monoisotopic (exact) mass is 406 g/mol. The third kappa shape index (κ3) is 3.82. The fourth-order valence-electron chi connectivity index (χ4n) is 3.57. The number of hydrogen-bond donors (Lipinski definition) is 2. The highest BCUT2D eigenvalue weighted by Gasteiger charge is 2.53. The third-order valence-electron chi connectivity index (χ3n) is 5.22. The van der Waals surface area contributed by atoms with Crippen molar-refractivity contribution >= 4 is 39.8 Å². The molecule has 25 heavy (non-hydrogen) atoms. The van der Waals surface area contributed by atoms with Crippen molar-refractivity contribution in [3.8, 4) is 0 Å². The topological polar surface area (TPSA) is 89.3 Å². The Morgan fingerprint density at radius 2 is 1.80 bits per heavy atom. The molecule has 0 aliphatic heterocycles. The molecule has 1 amide bonds. The van der Waals surface area contributed by atoms with E-state index in [1.807, 2.05) is 0 Å². The molecule has 2 saturated carbocycles. The van der Waals surface area contributed by atoms with Crippen LogP contribution in [0, 0.1) is 5.92 Å². The lowest BCUT2D eigenvalue weighted by Crippen LogP contribution is -2.55. The van der Waals surface area contributed by atoms with Crippen molar-refractivity contribution < 1.29 is 13.2 Å². The van der Waals surface area contributed by atoms with Gasteiger partial charge in [0, 0.05) is 17.6 Å². The number of carbonyl (C=O) groups excluding carboxylic acids is 1. The normalized spacial score (nSPS) is 20.6. The molecule has 0 radical (unpaired) electrons. The number of carbonyl (C=O) groups is 1. The van der Waals surface area contributed by atoms with E-state index in [4.69, 9.17) is 17.3 Å². The smallest absolute Gasteiger partial charge is 0.242 e. The molecular weight excluding hydrogens is 383 g/mol. The maximum atomic E-state index is 13.2. The Hall–Kier alpha value is -0.820. The molecule has 1 atom stereocenters. The number of nitrogens with two attached hydrogens (primary N) is 1. The van der Waals surface area contributed by atoms with Crippen LogP contribution in [-0.2, 0) is 14.6 Å². The highest BCUT2D eigenvalue weighted by atomic mass is 35.5. The summed E-state index contributed by atoms with van der Waals surface area (Å²) in [6, 6.07) is 5.91. The minimum Gasteiger partial charge on any atom is -0.350 e. The van der Waals surface area contributed by atoms with E-state index in [9.17, 15) is 13.2 Å². The maximum Gasteiger partial charge on any atom is 0.242 e. The van der Waals surface area contributed by atoms with Gasteiger partial charge in [-0.05, 0) is 55.9 Å². The number of sulfone groups is 1. The predicted molar refractivity (Wildman–Crippen MR) is 101 cm³/mol. The number of halogens is 2. The third-order valence-corrected chi connectivity index (χ3v) is 7.99. The summed E-state index contributed by atoms with van der Waals surface area (Å²) in [4.78, 5) is 13.1. The summed E-state index contributed by atoms with van der Waals surface area (Å²) in [5.74, 6) is -0.00654. The Balaban J connectivity index is 0.00000225. The van der Waals surface area contributed by atoms with Crippen LogP contribution in [0.3, 0.4) is 0 Å². The molecule has 0 saturated heterocycles. The lowest BCUT2D eigenvalue weighted by Gasteiger charge is -2.30. The van der Waals surface area contributed by atoms with E-state index in [0.29, 0.717) is 30.3 Å². The van der Waals surface area contributed by atoms with E-state index in [2.05, 4.69) is 5.32 Å². The number of amides is 1. The lowest BCUT2D eigenvalue weighted by molar-refractivity contribution is -0.124. The van der Waals surface area contributed by atoms with Gasteiger partial charge in [-0.15, -0.1) is 12.4 Å². The first-order chi connectivity index (χ1) is 11.4. The number of hydrogen-bond acceptors (Lipinski definition) is 4. The molecule has 2 aliphatic carbocycles. The zero-order valence-corrected chi connectivity index (χ0v) is 16.3. The molecule has 2 fully saturated rings. The van der Waals surface area contributed by atoms with Gasteiger partial charge in [-0.25, -0.2) is 8.42 Å². The Bertz CT molecular complexity index is 712. The summed E-state index contributed by atoms with van der Waals surface area (Å²) in [5, 5.41) is 3.40. The van der Waals surface area contributed by atoms with E-state index in [-0.39, 0.29) is 23.3 Å². The van der Waals surface area contributed by atoms with Crippen LogP contribution in [0.1, 0.15) is 38.5 Å². The van der Waals surface area contributed by atoms with Crippen LogP contribution in [0.15, 0.2) is 29.2 Å². The molecule has 1 aromatic rings. The minimum atomic E-state index is -3.79. The standard InChI is InChI=1S/C17H23ClN2O3S.ClH/c18-13-5-7-14(8-6-13)24(22,23)17(9-1-2-10-17)16(21)20-15(11-19)12-3-4-12;/h5-8,12,15H,1-4,9-11,19H2,(H,20,21);1H. The van der Waals surface area contributed by atoms with Crippen molar-refractivity contribution in [2.24, 2.45) is 11.7 Å². The number of nitrogens with one attached hydrogen (secondary N) is 1. The molecule has 2 aliphatic rings. The van der Waals surface area contributed by atoms with Gasteiger partial charge in [0.1, 0.15) is 0 Å². The molecule has 1 unspecified atom stereocenters. The van der Waals surface area contributed by atoms with Gasteiger partial charge in [-0.1, -0.05) is 24.4 Å². The average Bonchev–Trinajstić information content (AvgIpc) is 3.27. The van der Waals surface area contributed by atoms with Crippen LogP contribution in [0.2, 0.25) is 5.02 Å². The largest absolute Gasteiger partial charge is 0.350 e. The van der Waals surface area contributed by atoms with E-state index in [1.54, 1.807) is 12.1 Å². The Morgan fingerprint density at radius 3 is 2.28 bits per heavy atom. The summed E-state index contributed by atoms with van der Waals surface area (Å²) in [6.45, 7) is 0.341. The van der Waals surface area contributed by atoms with Crippen molar-refractivity contribution in [2.45, 2.75) is 54.2 Å². The zero-order chi connectivity index (χ0) is 17.4. The van der Waals surface area contributed by atoms with Crippen LogP contribution >= 0.6 is 24.0 Å². The van der Waals surface area contributed by atoms with Gasteiger partial charge in [0.05, 0.1) is 4.90 Å². The summed E-state index contributed by atoms with van der Waals surface area (Å²) in [5.41, 5.74) is 5.76. The number of rotatable bonds is 6. The van der Waals surface area contributed by atoms with Crippen molar-refractivity contribution in [3.63, 3.8) is 0 Å². The van der Waals surface area contributed by atoms with Gasteiger partial charge in [-0.2, -0.15) is 0 Å². The summed E-state index contributed by atoms with van der Waals surface area (Å²) < 4.78 is 25.1. The van der Waals surface area contributed by atoms with Gasteiger partial charge in [0.25, 0.3) is 0 Å². The molecule has 8 heteroatoms.